The summed E-state index contributed by atoms with van der Waals surface area (Å²) in [6, 6.07) is 12.8. The summed E-state index contributed by atoms with van der Waals surface area (Å²) < 4.78 is 27.8. The van der Waals surface area contributed by atoms with Crippen molar-refractivity contribution in [2.45, 2.75) is 56.0 Å². The van der Waals surface area contributed by atoms with Gasteiger partial charge in [-0.3, -0.25) is 9.59 Å². The Kier molecular flexibility index (Phi) is 6.11. The van der Waals surface area contributed by atoms with Crippen LogP contribution in [0.15, 0.2) is 53.4 Å². The highest BCUT2D eigenvalue weighted by Crippen LogP contribution is 2.27. The van der Waals surface area contributed by atoms with Crippen molar-refractivity contribution in [3.63, 3.8) is 0 Å². The molecule has 2 amide bonds. The molecule has 0 aromatic heterocycles. The number of para-hydroxylation sites is 1. The average Bonchev–Trinajstić information content (AvgIpc) is 3.58. The molecule has 2 aliphatic rings. The van der Waals surface area contributed by atoms with Crippen molar-refractivity contribution in [2.24, 2.45) is 0 Å². The van der Waals surface area contributed by atoms with Crippen LogP contribution in [-0.4, -0.2) is 43.2 Å². The van der Waals surface area contributed by atoms with Crippen LogP contribution in [0.3, 0.4) is 0 Å². The minimum absolute atomic E-state index is 0.182. The van der Waals surface area contributed by atoms with Gasteiger partial charge >= 0.3 is 0 Å². The number of rotatable bonds is 6. The van der Waals surface area contributed by atoms with Gasteiger partial charge in [0.25, 0.3) is 5.91 Å². The van der Waals surface area contributed by atoms with E-state index in [1.807, 2.05) is 6.92 Å². The minimum Gasteiger partial charge on any atom is -0.349 e. The van der Waals surface area contributed by atoms with E-state index in [0.717, 1.165) is 24.8 Å². The van der Waals surface area contributed by atoms with Crippen LogP contribution in [0.25, 0.3) is 0 Å². The SMILES string of the molecule is Cc1ccc(S(=O)(=O)N2CCCC[C@H]2C(=O)Nc2ccccc2C(=O)NC2CC2)cc1. The first-order chi connectivity index (χ1) is 14.9. The summed E-state index contributed by atoms with van der Waals surface area (Å²) in [5.74, 6) is -0.645. The normalized spacial score (nSPS) is 19.6. The van der Waals surface area contributed by atoms with Crippen molar-refractivity contribution in [1.29, 1.82) is 0 Å². The number of anilines is 1. The van der Waals surface area contributed by atoms with E-state index in [1.54, 1.807) is 48.5 Å². The van der Waals surface area contributed by atoms with Crippen LogP contribution in [0.2, 0.25) is 0 Å². The Morgan fingerprint density at radius 3 is 2.39 bits per heavy atom. The molecule has 1 aliphatic carbocycles. The number of hydrogen-bond donors (Lipinski definition) is 2. The average molecular weight is 442 g/mol. The second-order valence-electron chi connectivity index (χ2n) is 8.22. The van der Waals surface area contributed by atoms with Gasteiger partial charge in [-0.25, -0.2) is 8.42 Å². The van der Waals surface area contributed by atoms with Crippen molar-refractivity contribution in [2.75, 3.05) is 11.9 Å². The monoisotopic (exact) mass is 441 g/mol. The fourth-order valence-corrected chi connectivity index (χ4v) is 5.45. The summed E-state index contributed by atoms with van der Waals surface area (Å²) in [6.45, 7) is 2.18. The summed E-state index contributed by atoms with van der Waals surface area (Å²) in [7, 11) is -3.81. The molecule has 7 nitrogen and oxygen atoms in total. The smallest absolute Gasteiger partial charge is 0.253 e. The maximum Gasteiger partial charge on any atom is 0.253 e. The maximum absolute atomic E-state index is 13.3. The summed E-state index contributed by atoms with van der Waals surface area (Å²) in [4.78, 5) is 25.9. The fraction of sp³-hybridized carbons (Fsp3) is 0.391. The van der Waals surface area contributed by atoms with Gasteiger partial charge in [0, 0.05) is 12.6 Å². The van der Waals surface area contributed by atoms with Crippen molar-refractivity contribution in [1.82, 2.24) is 9.62 Å². The molecule has 0 radical (unpaired) electrons. The standard InChI is InChI=1S/C23H27N3O4S/c1-16-9-13-18(14-10-16)31(29,30)26-15-5-4-8-21(26)23(28)25-20-7-3-2-6-19(20)22(27)24-17-11-12-17/h2-3,6-7,9-10,13-14,17,21H,4-5,8,11-12,15H2,1H3,(H,24,27)(H,25,28)/t21-/m0/s1. The fourth-order valence-electron chi connectivity index (χ4n) is 3.80. The quantitative estimate of drug-likeness (QED) is 0.720. The Morgan fingerprint density at radius 2 is 1.68 bits per heavy atom. The van der Waals surface area contributed by atoms with Gasteiger partial charge in [0.05, 0.1) is 16.1 Å². The van der Waals surface area contributed by atoms with Gasteiger partial charge < -0.3 is 10.6 Å². The van der Waals surface area contributed by atoms with Crippen molar-refractivity contribution < 1.29 is 18.0 Å². The molecule has 1 aliphatic heterocycles. The third-order valence-electron chi connectivity index (χ3n) is 5.73. The first-order valence-electron chi connectivity index (χ1n) is 10.7. The Labute approximate surface area is 182 Å². The Morgan fingerprint density at radius 1 is 0.968 bits per heavy atom. The lowest BCUT2D eigenvalue weighted by molar-refractivity contribution is -0.120. The van der Waals surface area contributed by atoms with Crippen LogP contribution in [0.5, 0.6) is 0 Å². The Balaban J connectivity index is 1.56. The van der Waals surface area contributed by atoms with Crippen LogP contribution in [0.4, 0.5) is 5.69 Å². The Bertz CT molecular complexity index is 1080. The van der Waals surface area contributed by atoms with Crippen molar-refractivity contribution in [3.05, 3.63) is 59.7 Å². The van der Waals surface area contributed by atoms with E-state index < -0.39 is 22.0 Å². The molecule has 2 N–H and O–H groups in total. The highest BCUT2D eigenvalue weighted by Gasteiger charge is 2.38. The van der Waals surface area contributed by atoms with Gasteiger partial charge in [-0.2, -0.15) is 4.31 Å². The molecule has 1 heterocycles. The van der Waals surface area contributed by atoms with E-state index in [9.17, 15) is 18.0 Å². The predicted octanol–water partition coefficient (Wildman–Crippen LogP) is 3.07. The Hall–Kier alpha value is -2.71. The molecule has 2 fully saturated rings. The van der Waals surface area contributed by atoms with Gasteiger partial charge in [-0.1, -0.05) is 36.2 Å². The molecular weight excluding hydrogens is 414 g/mol. The largest absolute Gasteiger partial charge is 0.349 e. The maximum atomic E-state index is 13.3. The first kappa shape index (κ1) is 21.5. The molecule has 0 spiro atoms. The second kappa shape index (κ2) is 8.80. The van der Waals surface area contributed by atoms with Crippen LogP contribution < -0.4 is 10.6 Å². The molecule has 164 valence electrons. The van der Waals surface area contributed by atoms with E-state index in [2.05, 4.69) is 10.6 Å². The van der Waals surface area contributed by atoms with E-state index >= 15 is 0 Å². The highest BCUT2D eigenvalue weighted by molar-refractivity contribution is 7.89. The van der Waals surface area contributed by atoms with Gasteiger partial charge in [0.2, 0.25) is 15.9 Å². The van der Waals surface area contributed by atoms with Gasteiger partial charge in [-0.15, -0.1) is 0 Å². The van der Waals surface area contributed by atoms with Gasteiger partial charge in [0.15, 0.2) is 0 Å². The number of carbonyl (C=O) groups is 2. The van der Waals surface area contributed by atoms with E-state index in [0.29, 0.717) is 24.1 Å². The predicted molar refractivity (Wildman–Crippen MR) is 118 cm³/mol. The molecular formula is C23H27N3O4S. The molecule has 1 atom stereocenters. The van der Waals surface area contributed by atoms with Gasteiger partial charge in [0.1, 0.15) is 6.04 Å². The second-order valence-corrected chi connectivity index (χ2v) is 10.1. The van der Waals surface area contributed by atoms with E-state index in [1.165, 1.54) is 4.31 Å². The number of amides is 2. The van der Waals surface area contributed by atoms with Gasteiger partial charge in [-0.05, 0) is 56.9 Å². The number of hydrogen-bond acceptors (Lipinski definition) is 4. The third-order valence-corrected chi connectivity index (χ3v) is 7.65. The molecule has 0 unspecified atom stereocenters. The number of benzene rings is 2. The molecule has 4 rings (SSSR count). The number of nitrogens with one attached hydrogen (secondary N) is 2. The third kappa shape index (κ3) is 4.80. The van der Waals surface area contributed by atoms with Crippen molar-refractivity contribution >= 4 is 27.5 Å². The minimum atomic E-state index is -3.81. The molecule has 1 saturated heterocycles. The molecule has 31 heavy (non-hydrogen) atoms. The number of aryl methyl sites for hydroxylation is 1. The van der Waals surface area contributed by atoms with Crippen LogP contribution in [-0.2, 0) is 14.8 Å². The molecule has 0 bridgehead atoms. The van der Waals surface area contributed by atoms with Crippen molar-refractivity contribution in [3.8, 4) is 0 Å². The molecule has 2 aromatic rings. The summed E-state index contributed by atoms with van der Waals surface area (Å²) >= 11 is 0. The summed E-state index contributed by atoms with van der Waals surface area (Å²) in [5.41, 5.74) is 1.74. The molecule has 2 aromatic carbocycles. The molecule has 1 saturated carbocycles. The van der Waals surface area contributed by atoms with E-state index in [4.69, 9.17) is 0 Å². The number of piperidine rings is 1. The van der Waals surface area contributed by atoms with E-state index in [-0.39, 0.29) is 23.4 Å². The lowest BCUT2D eigenvalue weighted by atomic mass is 10.0. The number of carbonyl (C=O) groups excluding carboxylic acids is 2. The lowest BCUT2D eigenvalue weighted by Crippen LogP contribution is -2.50. The first-order valence-corrected chi connectivity index (χ1v) is 12.1. The number of sulfonamides is 1. The zero-order valence-corrected chi connectivity index (χ0v) is 18.3. The number of nitrogens with zero attached hydrogens (tertiary/aromatic N) is 1. The summed E-state index contributed by atoms with van der Waals surface area (Å²) in [5, 5.41) is 5.74. The lowest BCUT2D eigenvalue weighted by Gasteiger charge is -2.33. The summed E-state index contributed by atoms with van der Waals surface area (Å²) in [6.07, 6.45) is 3.84. The topological polar surface area (TPSA) is 95.6 Å². The van der Waals surface area contributed by atoms with Crippen LogP contribution >= 0.6 is 0 Å². The zero-order valence-electron chi connectivity index (χ0n) is 17.5. The van der Waals surface area contributed by atoms with Crippen LogP contribution in [0.1, 0.15) is 48.0 Å². The molecule has 8 heteroatoms. The zero-order chi connectivity index (χ0) is 22.0. The highest BCUT2D eigenvalue weighted by atomic mass is 32.2. The van der Waals surface area contributed by atoms with Crippen LogP contribution in [0, 0.1) is 6.92 Å².